The van der Waals surface area contributed by atoms with E-state index in [9.17, 15) is 14.4 Å². The maximum absolute atomic E-state index is 12.9. The molecular weight excluding hydrogens is 416 g/mol. The third kappa shape index (κ3) is 4.70. The number of rotatable bonds is 5. The third-order valence-electron chi connectivity index (χ3n) is 5.41. The molecule has 0 radical (unpaired) electrons. The minimum absolute atomic E-state index is 0.0698. The van der Waals surface area contributed by atoms with Crippen LogP contribution < -0.4 is 5.32 Å². The SMILES string of the molecule is O=C(NC1CCN(C(=O)c2ccoc2)CC1)c1ccccc1C(=O)c1ccc(Cl)cc1. The Balaban J connectivity index is 1.41. The molecule has 1 fully saturated rings. The number of benzene rings is 2. The van der Waals surface area contributed by atoms with E-state index >= 15 is 0 Å². The third-order valence-corrected chi connectivity index (χ3v) is 5.66. The van der Waals surface area contributed by atoms with Crippen LogP contribution in [0.2, 0.25) is 5.02 Å². The number of amides is 2. The van der Waals surface area contributed by atoms with Gasteiger partial charge in [0.15, 0.2) is 5.78 Å². The van der Waals surface area contributed by atoms with Crippen molar-refractivity contribution >= 4 is 29.2 Å². The zero-order valence-electron chi connectivity index (χ0n) is 16.7. The summed E-state index contributed by atoms with van der Waals surface area (Å²) in [6.45, 7) is 1.08. The van der Waals surface area contributed by atoms with Crippen LogP contribution in [0.3, 0.4) is 0 Å². The number of piperidine rings is 1. The van der Waals surface area contributed by atoms with Crippen molar-refractivity contribution in [2.24, 2.45) is 0 Å². The molecule has 6 nitrogen and oxygen atoms in total. The van der Waals surface area contributed by atoms with Crippen LogP contribution in [0, 0.1) is 0 Å². The van der Waals surface area contributed by atoms with E-state index in [1.54, 1.807) is 59.5 Å². The lowest BCUT2D eigenvalue weighted by atomic mass is 9.97. The van der Waals surface area contributed by atoms with Gasteiger partial charge in [-0.1, -0.05) is 29.8 Å². The molecule has 0 unspecified atom stereocenters. The maximum Gasteiger partial charge on any atom is 0.257 e. The molecule has 7 heteroatoms. The van der Waals surface area contributed by atoms with Gasteiger partial charge in [-0.15, -0.1) is 0 Å². The number of ketones is 1. The highest BCUT2D eigenvalue weighted by Crippen LogP contribution is 2.19. The fourth-order valence-electron chi connectivity index (χ4n) is 3.69. The highest BCUT2D eigenvalue weighted by Gasteiger charge is 2.26. The van der Waals surface area contributed by atoms with Gasteiger partial charge in [0, 0.05) is 35.3 Å². The normalized spacial score (nSPS) is 14.3. The number of likely N-dealkylation sites (tertiary alicyclic amines) is 1. The first-order valence-corrected chi connectivity index (χ1v) is 10.4. The van der Waals surface area contributed by atoms with Crippen molar-refractivity contribution in [1.29, 1.82) is 0 Å². The fourth-order valence-corrected chi connectivity index (χ4v) is 3.82. The van der Waals surface area contributed by atoms with Gasteiger partial charge >= 0.3 is 0 Å². The zero-order valence-corrected chi connectivity index (χ0v) is 17.5. The molecule has 0 bridgehead atoms. The number of halogens is 1. The number of hydrogen-bond acceptors (Lipinski definition) is 4. The van der Waals surface area contributed by atoms with E-state index in [1.165, 1.54) is 12.5 Å². The van der Waals surface area contributed by atoms with Gasteiger partial charge in [-0.3, -0.25) is 14.4 Å². The summed E-state index contributed by atoms with van der Waals surface area (Å²) >= 11 is 5.91. The van der Waals surface area contributed by atoms with E-state index in [0.29, 0.717) is 53.2 Å². The van der Waals surface area contributed by atoms with Gasteiger partial charge in [-0.05, 0) is 49.2 Å². The molecule has 3 aromatic rings. The second-order valence-electron chi connectivity index (χ2n) is 7.43. The van der Waals surface area contributed by atoms with Crippen LogP contribution in [0.5, 0.6) is 0 Å². The fraction of sp³-hybridized carbons (Fsp3) is 0.208. The van der Waals surface area contributed by atoms with Crippen LogP contribution in [0.1, 0.15) is 49.5 Å². The molecule has 2 heterocycles. The van der Waals surface area contributed by atoms with E-state index in [-0.39, 0.29) is 23.6 Å². The number of nitrogens with one attached hydrogen (secondary N) is 1. The zero-order chi connectivity index (χ0) is 21.8. The molecule has 1 N–H and O–H groups in total. The smallest absolute Gasteiger partial charge is 0.257 e. The molecule has 4 rings (SSSR count). The molecule has 1 aliphatic rings. The molecule has 1 aliphatic heterocycles. The number of carbonyl (C=O) groups is 3. The van der Waals surface area contributed by atoms with Crippen LogP contribution in [0.4, 0.5) is 0 Å². The first-order chi connectivity index (χ1) is 15.0. The quantitative estimate of drug-likeness (QED) is 0.608. The Bertz CT molecular complexity index is 1090. The van der Waals surface area contributed by atoms with E-state index in [4.69, 9.17) is 16.0 Å². The number of hydrogen-bond donors (Lipinski definition) is 1. The lowest BCUT2D eigenvalue weighted by Crippen LogP contribution is -2.46. The monoisotopic (exact) mass is 436 g/mol. The highest BCUT2D eigenvalue weighted by molar-refractivity contribution is 6.30. The van der Waals surface area contributed by atoms with Gasteiger partial charge in [0.05, 0.1) is 17.4 Å². The van der Waals surface area contributed by atoms with Gasteiger partial charge in [0.1, 0.15) is 6.26 Å². The molecule has 1 saturated heterocycles. The topological polar surface area (TPSA) is 79.6 Å². The summed E-state index contributed by atoms with van der Waals surface area (Å²) in [5.74, 6) is -0.599. The summed E-state index contributed by atoms with van der Waals surface area (Å²) in [6, 6.07) is 14.9. The second-order valence-corrected chi connectivity index (χ2v) is 7.87. The molecule has 0 spiro atoms. The van der Waals surface area contributed by atoms with Crippen molar-refractivity contribution in [2.45, 2.75) is 18.9 Å². The molecule has 2 aromatic carbocycles. The highest BCUT2D eigenvalue weighted by atomic mass is 35.5. The Labute approximate surface area is 184 Å². The van der Waals surface area contributed by atoms with Crippen LogP contribution in [-0.4, -0.2) is 41.6 Å². The summed E-state index contributed by atoms with van der Waals surface area (Å²) in [4.78, 5) is 40.1. The van der Waals surface area contributed by atoms with Crippen molar-refractivity contribution < 1.29 is 18.8 Å². The lowest BCUT2D eigenvalue weighted by Gasteiger charge is -2.32. The molecule has 2 amide bonds. The maximum atomic E-state index is 12.9. The van der Waals surface area contributed by atoms with Crippen LogP contribution >= 0.6 is 11.6 Å². The van der Waals surface area contributed by atoms with Gasteiger partial charge in [-0.2, -0.15) is 0 Å². The summed E-state index contributed by atoms with van der Waals surface area (Å²) in [5.41, 5.74) is 1.67. The molecule has 158 valence electrons. The average Bonchev–Trinajstić information content (AvgIpc) is 3.34. The molecular formula is C24H21ClN2O4. The summed E-state index contributed by atoms with van der Waals surface area (Å²) in [7, 11) is 0. The number of nitrogens with zero attached hydrogens (tertiary/aromatic N) is 1. The first kappa shape index (κ1) is 20.9. The van der Waals surface area contributed by atoms with Gasteiger partial charge in [0.25, 0.3) is 11.8 Å². The summed E-state index contributed by atoms with van der Waals surface area (Å²) < 4.78 is 4.98. The number of furan rings is 1. The molecule has 0 aliphatic carbocycles. The van der Waals surface area contributed by atoms with Crippen molar-refractivity contribution in [3.8, 4) is 0 Å². The van der Waals surface area contributed by atoms with Crippen molar-refractivity contribution in [3.63, 3.8) is 0 Å². The van der Waals surface area contributed by atoms with E-state index in [2.05, 4.69) is 5.32 Å². The molecule has 31 heavy (non-hydrogen) atoms. The van der Waals surface area contributed by atoms with Crippen LogP contribution in [0.15, 0.2) is 71.5 Å². The van der Waals surface area contributed by atoms with E-state index in [0.717, 1.165) is 0 Å². The van der Waals surface area contributed by atoms with Crippen molar-refractivity contribution in [1.82, 2.24) is 10.2 Å². The second kappa shape index (κ2) is 9.18. The van der Waals surface area contributed by atoms with Gasteiger partial charge in [0.2, 0.25) is 0 Å². The van der Waals surface area contributed by atoms with Crippen molar-refractivity contribution in [2.75, 3.05) is 13.1 Å². The Morgan fingerprint density at radius 2 is 1.58 bits per heavy atom. The van der Waals surface area contributed by atoms with Crippen molar-refractivity contribution in [3.05, 3.63) is 94.4 Å². The summed E-state index contributed by atoms with van der Waals surface area (Å²) in [6.07, 6.45) is 4.19. The minimum Gasteiger partial charge on any atom is -0.472 e. The van der Waals surface area contributed by atoms with Crippen LogP contribution in [0.25, 0.3) is 0 Å². The largest absolute Gasteiger partial charge is 0.472 e. The molecule has 0 saturated carbocycles. The Kier molecular flexibility index (Phi) is 6.18. The number of carbonyl (C=O) groups excluding carboxylic acids is 3. The predicted molar refractivity (Wildman–Crippen MR) is 116 cm³/mol. The minimum atomic E-state index is -0.294. The Morgan fingerprint density at radius 3 is 2.23 bits per heavy atom. The summed E-state index contributed by atoms with van der Waals surface area (Å²) in [5, 5.41) is 3.56. The van der Waals surface area contributed by atoms with Gasteiger partial charge < -0.3 is 14.6 Å². The van der Waals surface area contributed by atoms with E-state index in [1.807, 2.05) is 0 Å². The first-order valence-electron chi connectivity index (χ1n) is 10.0. The lowest BCUT2D eigenvalue weighted by molar-refractivity contribution is 0.0696. The Morgan fingerprint density at radius 1 is 0.903 bits per heavy atom. The average molecular weight is 437 g/mol. The van der Waals surface area contributed by atoms with Crippen LogP contribution in [-0.2, 0) is 0 Å². The molecule has 1 aromatic heterocycles. The van der Waals surface area contributed by atoms with Gasteiger partial charge in [-0.25, -0.2) is 0 Å². The standard InChI is InChI=1S/C24H21ClN2O4/c25-18-7-5-16(6-8-18)22(28)20-3-1-2-4-21(20)23(29)26-19-9-12-27(13-10-19)24(30)17-11-14-31-15-17/h1-8,11,14-15,19H,9-10,12-13H2,(H,26,29). The predicted octanol–water partition coefficient (Wildman–Crippen LogP) is 4.20. The van der Waals surface area contributed by atoms with E-state index < -0.39 is 0 Å². The molecule has 0 atom stereocenters. The Hall–Kier alpha value is -3.38.